The highest BCUT2D eigenvalue weighted by Gasteiger charge is 2.30. The Morgan fingerprint density at radius 2 is 1.88 bits per heavy atom. The lowest BCUT2D eigenvalue weighted by atomic mass is 10.0. The Kier molecular flexibility index (Phi) is 3.01. The molecule has 1 aromatic heterocycles. The summed E-state index contributed by atoms with van der Waals surface area (Å²) in [4.78, 5) is 4.16. The first kappa shape index (κ1) is 14.5. The number of fused-ring (bicyclic) bond motifs is 2. The summed E-state index contributed by atoms with van der Waals surface area (Å²) in [5, 5.41) is 20.4. The van der Waals surface area contributed by atoms with Gasteiger partial charge in [0.1, 0.15) is 5.52 Å². The molecule has 0 aliphatic carbocycles. The van der Waals surface area contributed by atoms with Crippen LogP contribution in [0.1, 0.15) is 11.1 Å². The van der Waals surface area contributed by atoms with Crippen molar-refractivity contribution in [3.05, 3.63) is 59.8 Å². The summed E-state index contributed by atoms with van der Waals surface area (Å²) >= 11 is 0. The van der Waals surface area contributed by atoms with Crippen molar-refractivity contribution < 1.29 is 18.6 Å². The van der Waals surface area contributed by atoms with Gasteiger partial charge in [0.15, 0.2) is 11.5 Å². The van der Waals surface area contributed by atoms with E-state index >= 15 is 0 Å². The van der Waals surface area contributed by atoms with E-state index in [9.17, 15) is 18.6 Å². The number of anilines is 1. The summed E-state index contributed by atoms with van der Waals surface area (Å²) in [6.07, 6.45) is 2.96. The second kappa shape index (κ2) is 4.97. The standard InChI is InChI=1S/C17H12N2O4S/c20-14-8-10(11-5-3-7-18-16(11)17(14)21)9-15-12-4-1-2-6-13(12)19-24(15,22)23/h1-9,19-21H. The van der Waals surface area contributed by atoms with Gasteiger partial charge in [-0.15, -0.1) is 0 Å². The Labute approximate surface area is 137 Å². The molecule has 0 saturated heterocycles. The Morgan fingerprint density at radius 1 is 1.08 bits per heavy atom. The van der Waals surface area contributed by atoms with Crippen molar-refractivity contribution >= 4 is 37.6 Å². The third kappa shape index (κ3) is 2.10. The van der Waals surface area contributed by atoms with Gasteiger partial charge in [0, 0.05) is 17.1 Å². The highest BCUT2D eigenvalue weighted by molar-refractivity contribution is 8.02. The predicted octanol–water partition coefficient (Wildman–Crippen LogP) is 2.90. The number of aromatic hydroxyl groups is 2. The zero-order valence-electron chi connectivity index (χ0n) is 12.3. The topological polar surface area (TPSA) is 99.5 Å². The molecule has 7 heteroatoms. The molecule has 120 valence electrons. The van der Waals surface area contributed by atoms with Gasteiger partial charge in [-0.25, -0.2) is 8.42 Å². The second-order valence-electron chi connectivity index (χ2n) is 5.39. The lowest BCUT2D eigenvalue weighted by Gasteiger charge is -2.07. The van der Waals surface area contributed by atoms with Gasteiger partial charge < -0.3 is 10.2 Å². The van der Waals surface area contributed by atoms with Crippen LogP contribution < -0.4 is 4.72 Å². The molecule has 0 unspecified atom stereocenters. The summed E-state index contributed by atoms with van der Waals surface area (Å²) in [6, 6.07) is 11.6. The number of pyridine rings is 1. The monoisotopic (exact) mass is 340 g/mol. The van der Waals surface area contributed by atoms with Gasteiger partial charge in [-0.3, -0.25) is 9.71 Å². The largest absolute Gasteiger partial charge is 0.504 e. The molecule has 1 aliphatic heterocycles. The molecule has 0 radical (unpaired) electrons. The molecular weight excluding hydrogens is 328 g/mol. The maximum atomic E-state index is 12.4. The molecule has 0 bridgehead atoms. The molecule has 3 N–H and O–H groups in total. The minimum absolute atomic E-state index is 0.105. The molecular formula is C17H12N2O4S. The SMILES string of the molecule is O=S1(=O)Nc2ccccc2C1=Cc1cc(O)c(O)c2ncccc12. The third-order valence-electron chi connectivity index (χ3n) is 3.89. The van der Waals surface area contributed by atoms with E-state index in [4.69, 9.17) is 0 Å². The normalized spacial score (nSPS) is 16.9. The Morgan fingerprint density at radius 3 is 2.71 bits per heavy atom. The van der Waals surface area contributed by atoms with Gasteiger partial charge in [-0.2, -0.15) is 0 Å². The maximum absolute atomic E-state index is 12.4. The molecule has 2 aromatic carbocycles. The highest BCUT2D eigenvalue weighted by Crippen LogP contribution is 2.40. The summed E-state index contributed by atoms with van der Waals surface area (Å²) in [5.74, 6) is -0.690. The quantitative estimate of drug-likeness (QED) is 0.592. The van der Waals surface area contributed by atoms with E-state index in [0.29, 0.717) is 22.2 Å². The van der Waals surface area contributed by atoms with E-state index < -0.39 is 10.0 Å². The van der Waals surface area contributed by atoms with E-state index in [-0.39, 0.29) is 21.9 Å². The fourth-order valence-corrected chi connectivity index (χ4v) is 4.12. The lowest BCUT2D eigenvalue weighted by molar-refractivity contribution is 0.407. The number of aromatic nitrogens is 1. The van der Waals surface area contributed by atoms with Crippen LogP contribution >= 0.6 is 0 Å². The van der Waals surface area contributed by atoms with Crippen molar-refractivity contribution in [2.24, 2.45) is 0 Å². The molecule has 0 fully saturated rings. The van der Waals surface area contributed by atoms with E-state index in [1.54, 1.807) is 36.4 Å². The van der Waals surface area contributed by atoms with Crippen LogP contribution in [-0.2, 0) is 10.0 Å². The van der Waals surface area contributed by atoms with Crippen LogP contribution in [0.2, 0.25) is 0 Å². The molecule has 0 saturated carbocycles. The van der Waals surface area contributed by atoms with Crippen LogP contribution in [0.15, 0.2) is 48.7 Å². The Balaban J connectivity index is 2.03. The van der Waals surface area contributed by atoms with Gasteiger partial charge in [-0.05, 0) is 29.8 Å². The first-order chi connectivity index (χ1) is 11.5. The van der Waals surface area contributed by atoms with Crippen molar-refractivity contribution in [1.29, 1.82) is 0 Å². The maximum Gasteiger partial charge on any atom is 0.262 e. The fraction of sp³-hybridized carbons (Fsp3) is 0. The van der Waals surface area contributed by atoms with Crippen LogP contribution in [-0.4, -0.2) is 23.6 Å². The summed E-state index contributed by atoms with van der Waals surface area (Å²) < 4.78 is 27.3. The molecule has 4 rings (SSSR count). The van der Waals surface area contributed by atoms with E-state index in [2.05, 4.69) is 9.71 Å². The van der Waals surface area contributed by atoms with Crippen LogP contribution in [0.3, 0.4) is 0 Å². The van der Waals surface area contributed by atoms with Crippen LogP contribution in [0.5, 0.6) is 11.5 Å². The summed E-state index contributed by atoms with van der Waals surface area (Å²) in [5.41, 5.74) is 1.72. The molecule has 0 spiro atoms. The molecule has 1 aliphatic rings. The molecule has 0 amide bonds. The van der Waals surface area contributed by atoms with Crippen molar-refractivity contribution in [3.63, 3.8) is 0 Å². The zero-order valence-corrected chi connectivity index (χ0v) is 13.1. The predicted molar refractivity (Wildman–Crippen MR) is 91.9 cm³/mol. The van der Waals surface area contributed by atoms with Gasteiger partial charge in [0.2, 0.25) is 0 Å². The average molecular weight is 340 g/mol. The molecule has 0 atom stereocenters. The number of phenols is 2. The summed E-state index contributed by atoms with van der Waals surface area (Å²) in [6.45, 7) is 0. The smallest absolute Gasteiger partial charge is 0.262 e. The molecule has 2 heterocycles. The van der Waals surface area contributed by atoms with Gasteiger partial charge in [0.25, 0.3) is 10.0 Å². The lowest BCUT2D eigenvalue weighted by Crippen LogP contribution is -2.05. The van der Waals surface area contributed by atoms with E-state index in [1.807, 2.05) is 0 Å². The van der Waals surface area contributed by atoms with Crippen LogP contribution in [0.25, 0.3) is 21.9 Å². The number of rotatable bonds is 1. The average Bonchev–Trinajstić information content (AvgIpc) is 2.82. The van der Waals surface area contributed by atoms with Gasteiger partial charge in [0.05, 0.1) is 10.6 Å². The van der Waals surface area contributed by atoms with Gasteiger partial charge >= 0.3 is 0 Å². The number of hydrogen-bond donors (Lipinski definition) is 3. The Bertz CT molecular complexity index is 1120. The van der Waals surface area contributed by atoms with Gasteiger partial charge in [-0.1, -0.05) is 24.3 Å². The van der Waals surface area contributed by atoms with Crippen molar-refractivity contribution in [1.82, 2.24) is 4.98 Å². The second-order valence-corrected chi connectivity index (χ2v) is 7.04. The highest BCUT2D eigenvalue weighted by atomic mass is 32.2. The molecule has 24 heavy (non-hydrogen) atoms. The number of para-hydroxylation sites is 1. The number of hydrogen-bond acceptors (Lipinski definition) is 5. The van der Waals surface area contributed by atoms with Crippen molar-refractivity contribution in [3.8, 4) is 11.5 Å². The van der Waals surface area contributed by atoms with Crippen molar-refractivity contribution in [2.45, 2.75) is 0 Å². The minimum atomic E-state index is -3.69. The fourth-order valence-electron chi connectivity index (χ4n) is 2.79. The van der Waals surface area contributed by atoms with E-state index in [1.165, 1.54) is 18.3 Å². The number of phenolic OH excluding ortho intramolecular Hbond substituents is 2. The minimum Gasteiger partial charge on any atom is -0.504 e. The number of sulfonamides is 1. The zero-order chi connectivity index (χ0) is 16.9. The first-order valence-corrected chi connectivity index (χ1v) is 8.59. The number of nitrogens with one attached hydrogen (secondary N) is 1. The molecule has 6 nitrogen and oxygen atoms in total. The third-order valence-corrected chi connectivity index (χ3v) is 5.30. The first-order valence-electron chi connectivity index (χ1n) is 7.11. The van der Waals surface area contributed by atoms with Crippen LogP contribution in [0, 0.1) is 0 Å². The van der Waals surface area contributed by atoms with Crippen molar-refractivity contribution in [2.75, 3.05) is 4.72 Å². The van der Waals surface area contributed by atoms with E-state index in [0.717, 1.165) is 0 Å². The number of nitrogens with zero attached hydrogens (tertiary/aromatic N) is 1. The molecule has 3 aromatic rings. The number of benzene rings is 2. The van der Waals surface area contributed by atoms with Crippen LogP contribution in [0.4, 0.5) is 5.69 Å². The summed E-state index contributed by atoms with van der Waals surface area (Å²) in [7, 11) is -3.69. The Hall–Kier alpha value is -3.06.